The molecule has 0 saturated heterocycles. The van der Waals surface area contributed by atoms with Gasteiger partial charge in [-0.05, 0) is 41.5 Å². The van der Waals surface area contributed by atoms with Crippen molar-refractivity contribution in [3.05, 3.63) is 75.8 Å². The fourth-order valence-corrected chi connectivity index (χ4v) is 4.69. The van der Waals surface area contributed by atoms with E-state index < -0.39 is 27.4 Å². The van der Waals surface area contributed by atoms with Crippen molar-refractivity contribution in [2.75, 3.05) is 22.4 Å². The topological polar surface area (TPSA) is 110 Å². The zero-order valence-electron chi connectivity index (χ0n) is 16.2. The molecule has 30 heavy (non-hydrogen) atoms. The number of non-ortho nitro benzene ring substituents is 1. The van der Waals surface area contributed by atoms with Gasteiger partial charge in [0, 0.05) is 23.2 Å². The van der Waals surface area contributed by atoms with Crippen LogP contribution in [0, 0.1) is 10.1 Å². The van der Waals surface area contributed by atoms with Gasteiger partial charge in [-0.2, -0.15) is 0 Å². The van der Waals surface area contributed by atoms with Crippen molar-refractivity contribution in [2.45, 2.75) is 12.8 Å². The molecular weight excluding hydrogens is 406 g/mol. The number of nitro benzene ring substituents is 1. The van der Waals surface area contributed by atoms with Gasteiger partial charge in [-0.25, -0.2) is 8.42 Å². The number of rotatable bonds is 6. The van der Waals surface area contributed by atoms with Crippen molar-refractivity contribution in [2.24, 2.45) is 0 Å². The van der Waals surface area contributed by atoms with E-state index >= 15 is 0 Å². The molecule has 0 atom stereocenters. The van der Waals surface area contributed by atoms with Gasteiger partial charge in [0.1, 0.15) is 6.54 Å². The molecular formula is C21H19N3O5S. The Labute approximate surface area is 173 Å². The van der Waals surface area contributed by atoms with E-state index in [1.165, 1.54) is 29.3 Å². The first kappa shape index (κ1) is 19.8. The van der Waals surface area contributed by atoms with Crippen LogP contribution in [0.3, 0.4) is 0 Å². The Morgan fingerprint density at radius 3 is 2.50 bits per heavy atom. The Morgan fingerprint density at radius 1 is 1.10 bits per heavy atom. The van der Waals surface area contributed by atoms with Crippen molar-refractivity contribution in [1.29, 1.82) is 0 Å². The lowest BCUT2D eigenvalue weighted by molar-refractivity contribution is -0.384. The molecule has 0 spiro atoms. The van der Waals surface area contributed by atoms with Crippen LogP contribution < -0.4 is 9.62 Å². The average molecular weight is 425 g/mol. The van der Waals surface area contributed by atoms with Crippen LogP contribution in [-0.2, 0) is 27.7 Å². The Bertz CT molecular complexity index is 1280. The predicted octanol–water partition coefficient (Wildman–Crippen LogP) is 3.25. The van der Waals surface area contributed by atoms with Crippen LogP contribution in [0.5, 0.6) is 0 Å². The summed E-state index contributed by atoms with van der Waals surface area (Å²) in [5.41, 5.74) is 2.87. The lowest BCUT2D eigenvalue weighted by Crippen LogP contribution is -2.37. The number of hydrogen-bond acceptors (Lipinski definition) is 5. The predicted molar refractivity (Wildman–Crippen MR) is 115 cm³/mol. The van der Waals surface area contributed by atoms with Gasteiger partial charge in [0.05, 0.1) is 16.9 Å². The smallest absolute Gasteiger partial charge is 0.271 e. The highest BCUT2D eigenvalue weighted by Crippen LogP contribution is 2.35. The van der Waals surface area contributed by atoms with Crippen LogP contribution in [0.2, 0.25) is 0 Å². The first-order chi connectivity index (χ1) is 14.2. The quantitative estimate of drug-likeness (QED) is 0.482. The zero-order valence-corrected chi connectivity index (χ0v) is 17.0. The first-order valence-electron chi connectivity index (χ1n) is 9.29. The number of hydrogen-bond donors (Lipinski definition) is 1. The monoisotopic (exact) mass is 425 g/mol. The number of benzene rings is 3. The Balaban J connectivity index is 1.63. The highest BCUT2D eigenvalue weighted by atomic mass is 32.2. The number of nitrogens with one attached hydrogen (secondary N) is 1. The molecule has 3 aromatic carbocycles. The third kappa shape index (κ3) is 3.71. The molecule has 1 amide bonds. The fraction of sp³-hybridized carbons (Fsp3) is 0.190. The number of nitrogens with zero attached hydrogens (tertiary/aromatic N) is 2. The van der Waals surface area contributed by atoms with Gasteiger partial charge in [-0.15, -0.1) is 0 Å². The van der Waals surface area contributed by atoms with E-state index in [2.05, 4.69) is 11.4 Å². The summed E-state index contributed by atoms with van der Waals surface area (Å²) in [5, 5.41) is 15.9. The summed E-state index contributed by atoms with van der Waals surface area (Å²) < 4.78 is 25.4. The van der Waals surface area contributed by atoms with Gasteiger partial charge < -0.3 is 5.32 Å². The van der Waals surface area contributed by atoms with E-state index in [0.29, 0.717) is 5.69 Å². The van der Waals surface area contributed by atoms with Crippen LogP contribution in [-0.4, -0.2) is 32.0 Å². The summed E-state index contributed by atoms with van der Waals surface area (Å²) in [5.74, 6) is -0.536. The fourth-order valence-electron chi connectivity index (χ4n) is 3.84. The van der Waals surface area contributed by atoms with Gasteiger partial charge >= 0.3 is 0 Å². The molecule has 0 aliphatic heterocycles. The van der Waals surface area contributed by atoms with E-state index in [1.807, 2.05) is 24.3 Å². The molecule has 0 radical (unpaired) electrons. The minimum atomic E-state index is -3.84. The maximum Gasteiger partial charge on any atom is 0.271 e. The first-order valence-corrected chi connectivity index (χ1v) is 11.1. The Morgan fingerprint density at radius 2 is 1.80 bits per heavy atom. The molecule has 0 bridgehead atoms. The molecule has 1 aliphatic carbocycles. The van der Waals surface area contributed by atoms with Crippen LogP contribution in [0.15, 0.2) is 54.6 Å². The molecule has 1 N–H and O–H groups in total. The molecule has 3 aromatic rings. The van der Waals surface area contributed by atoms with Gasteiger partial charge in [0.25, 0.3) is 5.69 Å². The molecule has 4 rings (SSSR count). The van der Waals surface area contributed by atoms with E-state index in [9.17, 15) is 23.3 Å². The van der Waals surface area contributed by atoms with Gasteiger partial charge in [-0.1, -0.05) is 30.3 Å². The number of sulfonamides is 1. The summed E-state index contributed by atoms with van der Waals surface area (Å²) in [4.78, 5) is 23.2. The summed E-state index contributed by atoms with van der Waals surface area (Å²) in [7, 11) is -3.84. The molecule has 0 heterocycles. The van der Waals surface area contributed by atoms with E-state index in [0.717, 1.165) is 40.2 Å². The molecule has 0 saturated carbocycles. The van der Waals surface area contributed by atoms with Crippen LogP contribution in [0.4, 0.5) is 17.1 Å². The van der Waals surface area contributed by atoms with E-state index in [1.54, 1.807) is 0 Å². The van der Waals surface area contributed by atoms with Crippen molar-refractivity contribution >= 4 is 43.8 Å². The number of carbonyl (C=O) groups is 1. The largest absolute Gasteiger partial charge is 0.324 e. The summed E-state index contributed by atoms with van der Waals surface area (Å²) in [6.45, 7) is -0.497. The van der Waals surface area contributed by atoms with E-state index in [4.69, 9.17) is 0 Å². The molecule has 1 aliphatic rings. The Hall–Kier alpha value is -3.46. The maximum atomic E-state index is 12.7. The molecule has 0 fully saturated rings. The lowest BCUT2D eigenvalue weighted by atomic mass is 10.0. The number of carbonyl (C=O) groups excluding carboxylic acids is 1. The summed E-state index contributed by atoms with van der Waals surface area (Å²) in [6, 6.07) is 14.9. The normalized spacial score (nSPS) is 12.7. The van der Waals surface area contributed by atoms with Crippen molar-refractivity contribution < 1.29 is 18.1 Å². The van der Waals surface area contributed by atoms with Gasteiger partial charge in [0.15, 0.2) is 0 Å². The summed E-state index contributed by atoms with van der Waals surface area (Å²) in [6.07, 6.45) is 2.87. The van der Waals surface area contributed by atoms with Crippen molar-refractivity contribution in [3.8, 4) is 0 Å². The number of amides is 1. The highest BCUT2D eigenvalue weighted by molar-refractivity contribution is 7.92. The maximum absolute atomic E-state index is 12.7. The van der Waals surface area contributed by atoms with Crippen LogP contribution >= 0.6 is 0 Å². The molecule has 9 heteroatoms. The van der Waals surface area contributed by atoms with Crippen molar-refractivity contribution in [3.63, 3.8) is 0 Å². The van der Waals surface area contributed by atoms with Crippen molar-refractivity contribution in [1.82, 2.24) is 0 Å². The molecule has 8 nitrogen and oxygen atoms in total. The Kier molecular flexibility index (Phi) is 4.90. The minimum Gasteiger partial charge on any atom is -0.324 e. The SMILES string of the molecule is CS(=O)(=O)N(CC(=O)Nc1ccc2c3c(cccc13)CC2)c1cccc([N+](=O)[O-])c1. The molecule has 0 aromatic heterocycles. The zero-order chi connectivity index (χ0) is 21.5. The number of anilines is 2. The van der Waals surface area contributed by atoms with Crippen LogP contribution in [0.1, 0.15) is 11.1 Å². The average Bonchev–Trinajstić information content (AvgIpc) is 3.12. The molecule has 154 valence electrons. The second kappa shape index (κ2) is 7.42. The number of aryl methyl sites for hydroxylation is 2. The van der Waals surface area contributed by atoms with E-state index in [-0.39, 0.29) is 11.4 Å². The van der Waals surface area contributed by atoms with Gasteiger partial charge in [0.2, 0.25) is 15.9 Å². The third-order valence-corrected chi connectivity index (χ3v) is 6.31. The third-order valence-electron chi connectivity index (χ3n) is 5.17. The standard InChI is InChI=1S/C21H19N3O5S/c1-30(28,29)23(16-5-3-6-17(12-16)24(26)27)13-20(25)22-19-11-10-15-9-8-14-4-2-7-18(19)21(14)15/h2-7,10-12H,8-9,13H2,1H3,(H,22,25). The summed E-state index contributed by atoms with van der Waals surface area (Å²) >= 11 is 0. The number of nitro groups is 1. The second-order valence-electron chi connectivity index (χ2n) is 7.21. The van der Waals surface area contributed by atoms with Gasteiger partial charge in [-0.3, -0.25) is 19.2 Å². The molecule has 0 unspecified atom stereocenters. The highest BCUT2D eigenvalue weighted by Gasteiger charge is 2.23. The second-order valence-corrected chi connectivity index (χ2v) is 9.11. The minimum absolute atomic E-state index is 0.0576. The van der Waals surface area contributed by atoms with Crippen LogP contribution in [0.25, 0.3) is 10.8 Å². The lowest BCUT2D eigenvalue weighted by Gasteiger charge is -2.22.